The van der Waals surface area contributed by atoms with Crippen molar-refractivity contribution < 1.29 is 4.79 Å². The molecule has 25 heavy (non-hydrogen) atoms. The fourth-order valence-corrected chi connectivity index (χ4v) is 4.02. The molecule has 2 fully saturated rings. The maximum atomic E-state index is 12.7. The lowest BCUT2D eigenvalue weighted by Gasteiger charge is -2.34. The van der Waals surface area contributed by atoms with Gasteiger partial charge < -0.3 is 10.2 Å². The van der Waals surface area contributed by atoms with Crippen LogP contribution in [0.2, 0.25) is 0 Å². The van der Waals surface area contributed by atoms with Crippen LogP contribution in [0.4, 0.5) is 5.82 Å². The Kier molecular flexibility index (Phi) is 4.55. The van der Waals surface area contributed by atoms with Crippen LogP contribution in [-0.4, -0.2) is 44.8 Å². The standard InChI is InChI=1S/C18H26N6O/c1-13-20-21-16-9-10-17(22-24(13)16)23-11-5-6-14(12-23)18(25)19-15-7-3-2-4-8-15/h9-10,14-15H,2-8,11-12H2,1H3,(H,19,25). The topological polar surface area (TPSA) is 75.4 Å². The maximum Gasteiger partial charge on any atom is 0.225 e. The molecule has 1 saturated carbocycles. The summed E-state index contributed by atoms with van der Waals surface area (Å²) < 4.78 is 1.76. The molecule has 1 saturated heterocycles. The molecule has 7 nitrogen and oxygen atoms in total. The van der Waals surface area contributed by atoms with Crippen LogP contribution in [-0.2, 0) is 4.79 Å². The molecule has 7 heteroatoms. The second-order valence-electron chi connectivity index (χ2n) is 7.34. The third-order valence-corrected chi connectivity index (χ3v) is 5.47. The summed E-state index contributed by atoms with van der Waals surface area (Å²) >= 11 is 0. The molecular formula is C18H26N6O. The third-order valence-electron chi connectivity index (χ3n) is 5.47. The molecule has 1 aliphatic carbocycles. The molecule has 1 aliphatic heterocycles. The number of aromatic nitrogens is 4. The summed E-state index contributed by atoms with van der Waals surface area (Å²) in [6, 6.07) is 4.30. The lowest BCUT2D eigenvalue weighted by molar-refractivity contribution is -0.126. The summed E-state index contributed by atoms with van der Waals surface area (Å²) in [6.45, 7) is 3.57. The Morgan fingerprint density at radius 1 is 1.12 bits per heavy atom. The van der Waals surface area contributed by atoms with Crippen LogP contribution in [0.5, 0.6) is 0 Å². The van der Waals surface area contributed by atoms with Gasteiger partial charge in [-0.25, -0.2) is 0 Å². The fraction of sp³-hybridized carbons (Fsp3) is 0.667. The van der Waals surface area contributed by atoms with Gasteiger partial charge in [0, 0.05) is 19.1 Å². The molecule has 1 unspecified atom stereocenters. The number of hydrogen-bond donors (Lipinski definition) is 1. The van der Waals surface area contributed by atoms with E-state index in [1.807, 2.05) is 19.1 Å². The van der Waals surface area contributed by atoms with Crippen LogP contribution in [0, 0.1) is 12.8 Å². The Balaban J connectivity index is 1.44. The number of carbonyl (C=O) groups excluding carboxylic acids is 1. The number of anilines is 1. The number of aryl methyl sites for hydroxylation is 1. The van der Waals surface area contributed by atoms with Gasteiger partial charge in [-0.2, -0.15) is 4.52 Å². The van der Waals surface area contributed by atoms with Crippen molar-refractivity contribution in [1.29, 1.82) is 0 Å². The number of hydrogen-bond acceptors (Lipinski definition) is 5. The molecule has 134 valence electrons. The predicted molar refractivity (Wildman–Crippen MR) is 95.5 cm³/mol. The van der Waals surface area contributed by atoms with Gasteiger partial charge in [-0.1, -0.05) is 19.3 Å². The van der Waals surface area contributed by atoms with Crippen molar-refractivity contribution in [3.63, 3.8) is 0 Å². The average Bonchev–Trinajstić information content (AvgIpc) is 3.03. The first-order valence-corrected chi connectivity index (χ1v) is 9.45. The Hall–Kier alpha value is -2.18. The van der Waals surface area contributed by atoms with E-state index < -0.39 is 0 Å². The van der Waals surface area contributed by atoms with E-state index in [1.54, 1.807) is 4.52 Å². The van der Waals surface area contributed by atoms with Crippen LogP contribution in [0.25, 0.3) is 5.65 Å². The smallest absolute Gasteiger partial charge is 0.225 e. The normalized spacial score (nSPS) is 22.3. The van der Waals surface area contributed by atoms with E-state index in [0.29, 0.717) is 6.04 Å². The first-order valence-electron chi connectivity index (χ1n) is 9.45. The second kappa shape index (κ2) is 6.98. The molecule has 0 spiro atoms. The van der Waals surface area contributed by atoms with E-state index in [-0.39, 0.29) is 11.8 Å². The minimum absolute atomic E-state index is 0.0511. The number of amides is 1. The van der Waals surface area contributed by atoms with Crippen molar-refractivity contribution in [1.82, 2.24) is 25.1 Å². The Bertz CT molecular complexity index is 751. The van der Waals surface area contributed by atoms with Crippen LogP contribution in [0.1, 0.15) is 50.8 Å². The zero-order valence-electron chi connectivity index (χ0n) is 14.8. The van der Waals surface area contributed by atoms with E-state index in [9.17, 15) is 4.79 Å². The van der Waals surface area contributed by atoms with Gasteiger partial charge in [-0.3, -0.25) is 4.79 Å². The lowest BCUT2D eigenvalue weighted by Crippen LogP contribution is -2.46. The van der Waals surface area contributed by atoms with Crippen molar-refractivity contribution in [2.75, 3.05) is 18.0 Å². The van der Waals surface area contributed by atoms with E-state index in [2.05, 4.69) is 25.5 Å². The minimum Gasteiger partial charge on any atom is -0.354 e. The molecule has 0 bridgehead atoms. The highest BCUT2D eigenvalue weighted by Crippen LogP contribution is 2.23. The molecule has 2 aromatic heterocycles. The number of nitrogens with zero attached hydrogens (tertiary/aromatic N) is 5. The Morgan fingerprint density at radius 3 is 2.80 bits per heavy atom. The maximum absolute atomic E-state index is 12.7. The summed E-state index contributed by atoms with van der Waals surface area (Å²) in [5.74, 6) is 1.94. The molecule has 0 radical (unpaired) electrons. The van der Waals surface area contributed by atoms with Gasteiger partial charge in [-0.15, -0.1) is 15.3 Å². The molecule has 2 aromatic rings. The molecule has 3 heterocycles. The molecule has 4 rings (SSSR count). The van der Waals surface area contributed by atoms with E-state index in [1.165, 1.54) is 19.3 Å². The van der Waals surface area contributed by atoms with Gasteiger partial charge in [0.2, 0.25) is 5.91 Å². The first-order chi connectivity index (χ1) is 12.2. The Labute approximate surface area is 147 Å². The minimum atomic E-state index is 0.0511. The summed E-state index contributed by atoms with van der Waals surface area (Å²) in [7, 11) is 0. The number of nitrogens with one attached hydrogen (secondary N) is 1. The van der Waals surface area contributed by atoms with Crippen molar-refractivity contribution in [3.05, 3.63) is 18.0 Å². The number of carbonyl (C=O) groups is 1. The fourth-order valence-electron chi connectivity index (χ4n) is 4.02. The van der Waals surface area contributed by atoms with Crippen molar-refractivity contribution in [2.45, 2.75) is 57.9 Å². The molecule has 1 amide bonds. The zero-order chi connectivity index (χ0) is 17.2. The van der Waals surface area contributed by atoms with Gasteiger partial charge >= 0.3 is 0 Å². The van der Waals surface area contributed by atoms with Crippen LogP contribution < -0.4 is 10.2 Å². The highest BCUT2D eigenvalue weighted by molar-refractivity contribution is 5.79. The van der Waals surface area contributed by atoms with Gasteiger partial charge in [0.25, 0.3) is 0 Å². The van der Waals surface area contributed by atoms with Crippen LogP contribution in [0.3, 0.4) is 0 Å². The van der Waals surface area contributed by atoms with Crippen molar-refractivity contribution in [3.8, 4) is 0 Å². The van der Waals surface area contributed by atoms with Crippen LogP contribution >= 0.6 is 0 Å². The zero-order valence-corrected chi connectivity index (χ0v) is 14.8. The van der Waals surface area contributed by atoms with Crippen LogP contribution in [0.15, 0.2) is 12.1 Å². The predicted octanol–water partition coefficient (Wildman–Crippen LogP) is 2.10. The highest BCUT2D eigenvalue weighted by atomic mass is 16.2. The lowest BCUT2D eigenvalue weighted by atomic mass is 9.93. The van der Waals surface area contributed by atoms with Gasteiger partial charge in [0.1, 0.15) is 5.82 Å². The number of rotatable bonds is 3. The first kappa shape index (κ1) is 16.3. The number of piperidine rings is 1. The average molecular weight is 342 g/mol. The van der Waals surface area contributed by atoms with E-state index in [4.69, 9.17) is 0 Å². The van der Waals surface area contributed by atoms with E-state index in [0.717, 1.165) is 56.1 Å². The molecule has 2 aliphatic rings. The summed E-state index contributed by atoms with van der Waals surface area (Å²) in [6.07, 6.45) is 8.03. The molecule has 1 atom stereocenters. The van der Waals surface area contributed by atoms with Gasteiger partial charge in [0.15, 0.2) is 11.5 Å². The summed E-state index contributed by atoms with van der Waals surface area (Å²) in [5, 5.41) is 16.1. The summed E-state index contributed by atoms with van der Waals surface area (Å²) in [4.78, 5) is 14.9. The van der Waals surface area contributed by atoms with Gasteiger partial charge in [0.05, 0.1) is 5.92 Å². The monoisotopic (exact) mass is 342 g/mol. The largest absolute Gasteiger partial charge is 0.354 e. The van der Waals surface area contributed by atoms with Crippen molar-refractivity contribution in [2.24, 2.45) is 5.92 Å². The highest BCUT2D eigenvalue weighted by Gasteiger charge is 2.28. The molecule has 0 aromatic carbocycles. The Morgan fingerprint density at radius 2 is 1.96 bits per heavy atom. The SMILES string of the molecule is Cc1nnc2ccc(N3CCCC(C(=O)NC4CCCCC4)C3)nn12. The van der Waals surface area contributed by atoms with Crippen molar-refractivity contribution >= 4 is 17.4 Å². The second-order valence-corrected chi connectivity index (χ2v) is 7.34. The van der Waals surface area contributed by atoms with Gasteiger partial charge in [-0.05, 0) is 44.7 Å². The number of fused-ring (bicyclic) bond motifs is 1. The quantitative estimate of drug-likeness (QED) is 0.924. The molecular weight excluding hydrogens is 316 g/mol. The molecule has 1 N–H and O–H groups in total. The third kappa shape index (κ3) is 3.45. The van der Waals surface area contributed by atoms with E-state index >= 15 is 0 Å². The summed E-state index contributed by atoms with van der Waals surface area (Å²) in [5.41, 5.74) is 0.754.